The Kier molecular flexibility index (Phi) is 3.42. The van der Waals surface area contributed by atoms with Gasteiger partial charge in [0.05, 0.1) is 16.7 Å². The third-order valence-electron chi connectivity index (χ3n) is 1.65. The summed E-state index contributed by atoms with van der Waals surface area (Å²) in [6, 6.07) is 4.31. The van der Waals surface area contributed by atoms with Crippen molar-refractivity contribution in [1.29, 1.82) is 5.26 Å². The maximum absolute atomic E-state index is 13.4. The van der Waals surface area contributed by atoms with E-state index in [1.54, 1.807) is 6.07 Å². The highest BCUT2D eigenvalue weighted by Gasteiger charge is 2.09. The molecule has 15 heavy (non-hydrogen) atoms. The minimum atomic E-state index is -1.22. The van der Waals surface area contributed by atoms with Gasteiger partial charge in [-0.05, 0) is 18.2 Å². The molecule has 1 N–H and O–H groups in total. The smallest absolute Gasteiger partial charge is 0.328 e. The van der Waals surface area contributed by atoms with E-state index >= 15 is 0 Å². The van der Waals surface area contributed by atoms with Gasteiger partial charge in [0.25, 0.3) is 0 Å². The molecule has 0 amide bonds. The van der Waals surface area contributed by atoms with Crippen LogP contribution in [0.25, 0.3) is 6.08 Å². The number of hydrogen-bond acceptors (Lipinski definition) is 2. The van der Waals surface area contributed by atoms with Gasteiger partial charge in [-0.25, -0.2) is 9.18 Å². The molecular weight excluding hydrogens is 221 g/mol. The Hall–Kier alpha value is -1.86. The molecule has 0 fully saturated rings. The summed E-state index contributed by atoms with van der Waals surface area (Å²) in [5, 5.41) is 16.9. The van der Waals surface area contributed by atoms with Crippen LogP contribution in [0.15, 0.2) is 18.2 Å². The highest BCUT2D eigenvalue weighted by atomic mass is 35.5. The fourth-order valence-electron chi connectivity index (χ4n) is 0.981. The van der Waals surface area contributed by atoms with E-state index in [1.165, 1.54) is 12.1 Å². The number of hydrogen-bond donors (Lipinski definition) is 1. The predicted octanol–water partition coefficient (Wildman–Crippen LogP) is 2.45. The van der Waals surface area contributed by atoms with Gasteiger partial charge >= 0.3 is 5.97 Å². The van der Waals surface area contributed by atoms with Crippen molar-refractivity contribution < 1.29 is 14.3 Å². The van der Waals surface area contributed by atoms with E-state index in [-0.39, 0.29) is 16.1 Å². The SMILES string of the molecule is N#Cc1ccc(Cl)c(F)c1/C=C/C(=O)O. The van der Waals surface area contributed by atoms with Gasteiger partial charge in [-0.3, -0.25) is 0 Å². The van der Waals surface area contributed by atoms with Gasteiger partial charge in [-0.2, -0.15) is 5.26 Å². The molecule has 1 aromatic carbocycles. The van der Waals surface area contributed by atoms with E-state index in [4.69, 9.17) is 22.0 Å². The summed E-state index contributed by atoms with van der Waals surface area (Å²) in [5.74, 6) is -2.02. The standard InChI is InChI=1S/C10H5ClFNO2/c11-8-3-1-6(5-13)7(10(8)12)2-4-9(14)15/h1-4H,(H,14,15)/b4-2+. The van der Waals surface area contributed by atoms with Gasteiger partial charge in [0, 0.05) is 11.6 Å². The van der Waals surface area contributed by atoms with Crippen LogP contribution in [0.1, 0.15) is 11.1 Å². The minimum Gasteiger partial charge on any atom is -0.478 e. The first-order valence-corrected chi connectivity index (χ1v) is 4.23. The molecule has 76 valence electrons. The largest absolute Gasteiger partial charge is 0.478 e. The second-order valence-electron chi connectivity index (χ2n) is 2.61. The number of carbonyl (C=O) groups is 1. The first kappa shape index (κ1) is 11.2. The van der Waals surface area contributed by atoms with Crippen LogP contribution in [0, 0.1) is 17.1 Å². The lowest BCUT2D eigenvalue weighted by atomic mass is 10.1. The number of nitriles is 1. The van der Waals surface area contributed by atoms with E-state index < -0.39 is 11.8 Å². The Bertz CT molecular complexity index is 477. The van der Waals surface area contributed by atoms with Crippen molar-refractivity contribution in [1.82, 2.24) is 0 Å². The zero-order valence-electron chi connectivity index (χ0n) is 7.37. The second-order valence-corrected chi connectivity index (χ2v) is 3.01. The quantitative estimate of drug-likeness (QED) is 0.787. The molecule has 0 spiro atoms. The molecule has 0 aliphatic rings. The minimum absolute atomic E-state index is 0.0365. The Morgan fingerprint density at radius 1 is 1.60 bits per heavy atom. The van der Waals surface area contributed by atoms with Gasteiger partial charge in [0.1, 0.15) is 5.82 Å². The van der Waals surface area contributed by atoms with Crippen LogP contribution >= 0.6 is 11.6 Å². The van der Waals surface area contributed by atoms with Crippen LogP contribution in [-0.4, -0.2) is 11.1 Å². The zero-order chi connectivity index (χ0) is 11.4. The fraction of sp³-hybridized carbons (Fsp3) is 0. The number of benzene rings is 1. The van der Waals surface area contributed by atoms with Crippen LogP contribution in [0.4, 0.5) is 4.39 Å². The van der Waals surface area contributed by atoms with Crippen molar-refractivity contribution in [3.8, 4) is 6.07 Å². The van der Waals surface area contributed by atoms with Crippen molar-refractivity contribution >= 4 is 23.6 Å². The van der Waals surface area contributed by atoms with E-state index in [0.717, 1.165) is 12.2 Å². The number of carboxylic acids is 1. The lowest BCUT2D eigenvalue weighted by molar-refractivity contribution is -0.131. The van der Waals surface area contributed by atoms with Crippen LogP contribution in [0.5, 0.6) is 0 Å². The molecule has 0 aromatic heterocycles. The molecule has 3 nitrogen and oxygen atoms in total. The molecule has 0 saturated carbocycles. The van der Waals surface area contributed by atoms with Crippen molar-refractivity contribution in [3.63, 3.8) is 0 Å². The summed E-state index contributed by atoms with van der Waals surface area (Å²) in [5.41, 5.74) is -0.0817. The van der Waals surface area contributed by atoms with E-state index in [0.29, 0.717) is 0 Å². The Balaban J connectivity index is 3.32. The first-order valence-electron chi connectivity index (χ1n) is 3.85. The summed E-state index contributed by atoms with van der Waals surface area (Å²) in [7, 11) is 0. The molecule has 0 bridgehead atoms. The van der Waals surface area contributed by atoms with Crippen LogP contribution in [0.3, 0.4) is 0 Å². The molecule has 0 aliphatic carbocycles. The number of carboxylic acid groups (broad SMARTS) is 1. The topological polar surface area (TPSA) is 61.1 Å². The number of halogens is 2. The molecule has 0 saturated heterocycles. The number of aliphatic carboxylic acids is 1. The highest BCUT2D eigenvalue weighted by molar-refractivity contribution is 6.30. The molecule has 0 radical (unpaired) electrons. The highest BCUT2D eigenvalue weighted by Crippen LogP contribution is 2.22. The van der Waals surface area contributed by atoms with Crippen LogP contribution in [0.2, 0.25) is 5.02 Å². The average Bonchev–Trinajstić information content (AvgIpc) is 2.20. The lowest BCUT2D eigenvalue weighted by Gasteiger charge is -2.01. The van der Waals surface area contributed by atoms with Crippen molar-refractivity contribution in [3.05, 3.63) is 40.2 Å². The van der Waals surface area contributed by atoms with E-state index in [1.807, 2.05) is 0 Å². The molecule has 5 heteroatoms. The van der Waals surface area contributed by atoms with Crippen molar-refractivity contribution in [2.45, 2.75) is 0 Å². The molecular formula is C10H5ClFNO2. The van der Waals surface area contributed by atoms with Gasteiger partial charge in [-0.1, -0.05) is 11.6 Å². The van der Waals surface area contributed by atoms with Crippen LogP contribution < -0.4 is 0 Å². The second kappa shape index (κ2) is 4.58. The summed E-state index contributed by atoms with van der Waals surface area (Å²) < 4.78 is 13.4. The van der Waals surface area contributed by atoms with Gasteiger partial charge in [0.15, 0.2) is 0 Å². The fourth-order valence-corrected chi connectivity index (χ4v) is 1.15. The van der Waals surface area contributed by atoms with Gasteiger partial charge in [0.2, 0.25) is 0 Å². The van der Waals surface area contributed by atoms with E-state index in [9.17, 15) is 9.18 Å². The molecule has 1 rings (SSSR count). The zero-order valence-corrected chi connectivity index (χ0v) is 8.12. The lowest BCUT2D eigenvalue weighted by Crippen LogP contribution is -1.92. The van der Waals surface area contributed by atoms with Gasteiger partial charge < -0.3 is 5.11 Å². The monoisotopic (exact) mass is 225 g/mol. The molecule has 1 aromatic rings. The van der Waals surface area contributed by atoms with Crippen molar-refractivity contribution in [2.24, 2.45) is 0 Å². The number of rotatable bonds is 2. The summed E-state index contributed by atoms with van der Waals surface area (Å²) >= 11 is 5.49. The van der Waals surface area contributed by atoms with Crippen LogP contribution in [-0.2, 0) is 4.79 Å². The summed E-state index contributed by atoms with van der Waals surface area (Å²) in [6.07, 6.45) is 1.75. The molecule has 0 aliphatic heterocycles. The Morgan fingerprint density at radius 2 is 2.27 bits per heavy atom. The maximum atomic E-state index is 13.4. The Morgan fingerprint density at radius 3 is 2.80 bits per heavy atom. The normalized spacial score (nSPS) is 10.2. The summed E-state index contributed by atoms with van der Waals surface area (Å²) in [6.45, 7) is 0. The Labute approximate surface area is 90.0 Å². The van der Waals surface area contributed by atoms with Gasteiger partial charge in [-0.15, -0.1) is 0 Å². The molecule has 0 unspecified atom stereocenters. The van der Waals surface area contributed by atoms with Crippen molar-refractivity contribution in [2.75, 3.05) is 0 Å². The van der Waals surface area contributed by atoms with E-state index in [2.05, 4.69) is 0 Å². The molecule has 0 atom stereocenters. The first-order chi connectivity index (χ1) is 7.06. The third kappa shape index (κ3) is 2.55. The number of nitrogens with zero attached hydrogens (tertiary/aromatic N) is 1. The molecule has 0 heterocycles. The predicted molar refractivity (Wildman–Crippen MR) is 52.8 cm³/mol. The maximum Gasteiger partial charge on any atom is 0.328 e. The third-order valence-corrected chi connectivity index (χ3v) is 1.94. The average molecular weight is 226 g/mol. The summed E-state index contributed by atoms with van der Waals surface area (Å²) in [4.78, 5) is 10.2.